The lowest BCUT2D eigenvalue weighted by atomic mass is 9.92. The summed E-state index contributed by atoms with van der Waals surface area (Å²) >= 11 is 0. The molecule has 1 heterocycles. The minimum Gasteiger partial charge on any atom is -0.508 e. The summed E-state index contributed by atoms with van der Waals surface area (Å²) in [6, 6.07) is 17.5. The molecule has 0 bridgehead atoms. The molecule has 1 atom stereocenters. The topological polar surface area (TPSA) is 67.2 Å². The lowest BCUT2D eigenvalue weighted by Crippen LogP contribution is -2.31. The van der Waals surface area contributed by atoms with Gasteiger partial charge in [0.15, 0.2) is 0 Å². The zero-order valence-corrected chi connectivity index (χ0v) is 15.8. The first kappa shape index (κ1) is 18.3. The third-order valence-electron chi connectivity index (χ3n) is 5.39. The van der Waals surface area contributed by atoms with E-state index in [1.165, 1.54) is 11.3 Å². The molecule has 3 aromatic rings. The van der Waals surface area contributed by atoms with Crippen LogP contribution in [0.2, 0.25) is 0 Å². The number of carbonyl (C=O) groups is 1. The van der Waals surface area contributed by atoms with Gasteiger partial charge in [-0.15, -0.1) is 0 Å². The van der Waals surface area contributed by atoms with Crippen LogP contribution in [0.5, 0.6) is 5.75 Å². The zero-order chi connectivity index (χ0) is 19.3. The lowest BCUT2D eigenvalue weighted by Gasteiger charge is -2.24. The molecule has 2 aromatic carbocycles. The number of fused-ring (bicyclic) bond motifs is 1. The van der Waals surface area contributed by atoms with Crippen molar-refractivity contribution in [1.29, 1.82) is 0 Å². The largest absolute Gasteiger partial charge is 0.508 e. The van der Waals surface area contributed by atoms with Crippen LogP contribution in [0.3, 0.4) is 0 Å². The van der Waals surface area contributed by atoms with Crippen LogP contribution in [-0.4, -0.2) is 20.8 Å². The number of aryl methyl sites for hydroxylation is 1. The van der Waals surface area contributed by atoms with E-state index in [4.69, 9.17) is 0 Å². The summed E-state index contributed by atoms with van der Waals surface area (Å²) in [6.45, 7) is 0.754. The highest BCUT2D eigenvalue weighted by molar-refractivity contribution is 5.77. The molecular weight excluding hydrogens is 350 g/mol. The number of carbonyl (C=O) groups excluding carboxylic acids is 1. The molecular formula is C23H25N3O2. The lowest BCUT2D eigenvalue weighted by molar-refractivity contribution is -0.121. The van der Waals surface area contributed by atoms with E-state index in [9.17, 15) is 9.90 Å². The van der Waals surface area contributed by atoms with Gasteiger partial charge in [-0.25, -0.2) is 0 Å². The monoisotopic (exact) mass is 375 g/mol. The average Bonchev–Trinajstić information content (AvgIpc) is 3.12. The summed E-state index contributed by atoms with van der Waals surface area (Å²) in [7, 11) is 0. The molecule has 0 fully saturated rings. The number of aromatic nitrogens is 2. The predicted molar refractivity (Wildman–Crippen MR) is 108 cm³/mol. The maximum atomic E-state index is 12.5. The fraction of sp³-hybridized carbons (Fsp3) is 0.304. The number of hydrogen-bond acceptors (Lipinski definition) is 3. The minimum atomic E-state index is 0.0110. The molecule has 28 heavy (non-hydrogen) atoms. The van der Waals surface area contributed by atoms with Crippen molar-refractivity contribution in [2.45, 2.75) is 44.7 Å². The van der Waals surface area contributed by atoms with Gasteiger partial charge in [-0.2, -0.15) is 5.10 Å². The Morgan fingerprint density at radius 1 is 1.14 bits per heavy atom. The second kappa shape index (κ2) is 8.30. The minimum absolute atomic E-state index is 0.0110. The Bertz CT molecular complexity index is 949. The van der Waals surface area contributed by atoms with Crippen LogP contribution < -0.4 is 5.32 Å². The number of hydrogen-bond donors (Lipinski definition) is 2. The van der Waals surface area contributed by atoms with Gasteiger partial charge in [0.05, 0.1) is 18.8 Å². The number of benzene rings is 2. The van der Waals surface area contributed by atoms with Crippen molar-refractivity contribution in [2.24, 2.45) is 0 Å². The number of nitrogens with one attached hydrogen (secondary N) is 1. The van der Waals surface area contributed by atoms with Gasteiger partial charge in [0, 0.05) is 17.7 Å². The Labute approximate surface area is 165 Å². The third kappa shape index (κ3) is 4.09. The zero-order valence-electron chi connectivity index (χ0n) is 15.8. The van der Waals surface area contributed by atoms with E-state index in [-0.39, 0.29) is 17.7 Å². The van der Waals surface area contributed by atoms with Crippen LogP contribution in [-0.2, 0) is 24.2 Å². The van der Waals surface area contributed by atoms with E-state index in [1.54, 1.807) is 12.1 Å². The van der Waals surface area contributed by atoms with Crippen molar-refractivity contribution >= 4 is 5.91 Å². The second-order valence-corrected chi connectivity index (χ2v) is 7.33. The molecule has 0 saturated heterocycles. The van der Waals surface area contributed by atoms with Crippen LogP contribution >= 0.6 is 0 Å². The van der Waals surface area contributed by atoms with E-state index in [0.717, 1.165) is 36.9 Å². The van der Waals surface area contributed by atoms with Gasteiger partial charge in [0.2, 0.25) is 5.91 Å². The molecule has 0 saturated carbocycles. The van der Waals surface area contributed by atoms with Gasteiger partial charge in [-0.05, 0) is 42.9 Å². The molecule has 144 valence electrons. The molecule has 4 rings (SSSR count). The number of nitrogens with zero attached hydrogens (tertiary/aromatic N) is 2. The molecule has 0 spiro atoms. The molecule has 1 aliphatic carbocycles. The number of para-hydroxylation sites is 1. The summed E-state index contributed by atoms with van der Waals surface area (Å²) in [5.41, 5.74) is 4.39. The molecule has 0 radical (unpaired) electrons. The normalized spacial score (nSPS) is 15.8. The van der Waals surface area contributed by atoms with Gasteiger partial charge in [-0.1, -0.05) is 48.5 Å². The number of amides is 1. The van der Waals surface area contributed by atoms with Gasteiger partial charge < -0.3 is 10.4 Å². The molecule has 5 nitrogen and oxygen atoms in total. The van der Waals surface area contributed by atoms with E-state index in [2.05, 4.69) is 27.2 Å². The van der Waals surface area contributed by atoms with Crippen LogP contribution in [0.25, 0.3) is 0 Å². The SMILES string of the molecule is O=C(CCc1ccccc1O)NC1CCCc2c1cnn2Cc1ccccc1. The first-order valence-electron chi connectivity index (χ1n) is 9.85. The maximum absolute atomic E-state index is 12.5. The quantitative estimate of drug-likeness (QED) is 0.689. The van der Waals surface area contributed by atoms with Gasteiger partial charge >= 0.3 is 0 Å². The van der Waals surface area contributed by atoms with Crippen molar-refractivity contribution in [1.82, 2.24) is 15.1 Å². The number of rotatable bonds is 6. The Hall–Kier alpha value is -3.08. The van der Waals surface area contributed by atoms with Crippen molar-refractivity contribution in [3.8, 4) is 5.75 Å². The predicted octanol–water partition coefficient (Wildman–Crippen LogP) is 3.76. The summed E-state index contributed by atoms with van der Waals surface area (Å²) < 4.78 is 2.06. The highest BCUT2D eigenvalue weighted by Gasteiger charge is 2.25. The first-order valence-corrected chi connectivity index (χ1v) is 9.85. The number of phenols is 1. The second-order valence-electron chi connectivity index (χ2n) is 7.33. The van der Waals surface area contributed by atoms with Crippen LogP contribution in [0.1, 0.15) is 47.7 Å². The average molecular weight is 375 g/mol. The van der Waals surface area contributed by atoms with Crippen molar-refractivity contribution in [3.05, 3.63) is 83.2 Å². The van der Waals surface area contributed by atoms with Crippen LogP contribution in [0.15, 0.2) is 60.8 Å². The molecule has 1 unspecified atom stereocenters. The van der Waals surface area contributed by atoms with Gasteiger partial charge in [0.25, 0.3) is 0 Å². The standard InChI is InChI=1S/C23H25N3O2/c27-22-12-5-4-9-18(22)13-14-23(28)25-20-10-6-11-21-19(20)15-24-26(21)16-17-7-2-1-3-8-17/h1-5,7-9,12,15,20,27H,6,10-11,13-14,16H2,(H,25,28). The molecule has 2 N–H and O–H groups in total. The number of phenolic OH excluding ortho intramolecular Hbond substituents is 1. The van der Waals surface area contributed by atoms with E-state index in [1.807, 2.05) is 36.5 Å². The molecule has 1 aliphatic rings. The van der Waals surface area contributed by atoms with E-state index < -0.39 is 0 Å². The summed E-state index contributed by atoms with van der Waals surface area (Å²) in [6.07, 6.45) is 5.77. The fourth-order valence-corrected chi connectivity index (χ4v) is 3.90. The fourth-order valence-electron chi connectivity index (χ4n) is 3.90. The first-order chi connectivity index (χ1) is 13.7. The maximum Gasteiger partial charge on any atom is 0.220 e. The highest BCUT2D eigenvalue weighted by Crippen LogP contribution is 2.30. The van der Waals surface area contributed by atoms with E-state index in [0.29, 0.717) is 12.8 Å². The molecule has 0 aliphatic heterocycles. The van der Waals surface area contributed by atoms with Crippen LogP contribution in [0.4, 0.5) is 0 Å². The summed E-state index contributed by atoms with van der Waals surface area (Å²) in [4.78, 5) is 12.5. The molecule has 1 aromatic heterocycles. The van der Waals surface area contributed by atoms with Crippen molar-refractivity contribution in [3.63, 3.8) is 0 Å². The van der Waals surface area contributed by atoms with Gasteiger partial charge in [-0.3, -0.25) is 9.48 Å². The van der Waals surface area contributed by atoms with E-state index >= 15 is 0 Å². The smallest absolute Gasteiger partial charge is 0.220 e. The van der Waals surface area contributed by atoms with Crippen LogP contribution in [0, 0.1) is 0 Å². The number of aromatic hydroxyl groups is 1. The Morgan fingerprint density at radius 3 is 2.75 bits per heavy atom. The van der Waals surface area contributed by atoms with Crippen molar-refractivity contribution < 1.29 is 9.90 Å². The Balaban J connectivity index is 1.40. The molecule has 5 heteroatoms. The van der Waals surface area contributed by atoms with Crippen molar-refractivity contribution in [2.75, 3.05) is 0 Å². The van der Waals surface area contributed by atoms with Gasteiger partial charge in [0.1, 0.15) is 5.75 Å². The molecule has 1 amide bonds. The highest BCUT2D eigenvalue weighted by atomic mass is 16.3. The summed E-state index contributed by atoms with van der Waals surface area (Å²) in [5, 5.41) is 17.6. The third-order valence-corrected chi connectivity index (χ3v) is 5.39. The summed E-state index contributed by atoms with van der Waals surface area (Å²) in [5.74, 6) is 0.259. The Kier molecular flexibility index (Phi) is 5.42. The Morgan fingerprint density at radius 2 is 1.93 bits per heavy atom.